The van der Waals surface area contributed by atoms with Crippen LogP contribution in [0.15, 0.2) is 61.6 Å². The van der Waals surface area contributed by atoms with Crippen LogP contribution < -0.4 is 5.32 Å². The van der Waals surface area contributed by atoms with E-state index in [0.29, 0.717) is 18.8 Å². The monoisotopic (exact) mass is 416 g/mol. The van der Waals surface area contributed by atoms with Crippen molar-refractivity contribution in [1.29, 1.82) is 0 Å². The van der Waals surface area contributed by atoms with Gasteiger partial charge < -0.3 is 10.1 Å². The highest BCUT2D eigenvalue weighted by Crippen LogP contribution is 2.31. The highest BCUT2D eigenvalue weighted by atomic mass is 16.5. The number of fused-ring (bicyclic) bond motifs is 1. The van der Waals surface area contributed by atoms with Gasteiger partial charge in [0.2, 0.25) is 5.91 Å². The molecule has 1 amide bonds. The second kappa shape index (κ2) is 8.93. The van der Waals surface area contributed by atoms with Crippen molar-refractivity contribution in [1.82, 2.24) is 29.9 Å². The van der Waals surface area contributed by atoms with Gasteiger partial charge in [0.1, 0.15) is 0 Å². The molecule has 0 radical (unpaired) electrons. The van der Waals surface area contributed by atoms with Crippen molar-refractivity contribution in [3.05, 3.63) is 72.8 Å². The van der Waals surface area contributed by atoms with Crippen molar-refractivity contribution < 1.29 is 9.53 Å². The number of aryl methyl sites for hydroxylation is 1. The fourth-order valence-electron chi connectivity index (χ4n) is 3.40. The molecule has 158 valence electrons. The number of ether oxygens (including phenoxy) is 1. The number of pyridine rings is 1. The molecule has 4 aromatic rings. The molecule has 31 heavy (non-hydrogen) atoms. The number of rotatable bonds is 8. The normalized spacial score (nSPS) is 11.0. The van der Waals surface area contributed by atoms with Crippen LogP contribution in [0.3, 0.4) is 0 Å². The van der Waals surface area contributed by atoms with Crippen molar-refractivity contribution in [2.24, 2.45) is 0 Å². The Morgan fingerprint density at radius 1 is 1.26 bits per heavy atom. The molecule has 0 aliphatic rings. The highest BCUT2D eigenvalue weighted by molar-refractivity contribution is 5.95. The predicted octanol–water partition coefficient (Wildman–Crippen LogP) is 3.04. The Bertz CT molecular complexity index is 1220. The maximum atomic E-state index is 11.8. The third-order valence-electron chi connectivity index (χ3n) is 5.00. The molecule has 0 unspecified atom stereocenters. The highest BCUT2D eigenvalue weighted by Gasteiger charge is 2.18. The summed E-state index contributed by atoms with van der Waals surface area (Å²) in [6.45, 7) is 7.06. The minimum Gasteiger partial charge on any atom is -0.383 e. The van der Waals surface area contributed by atoms with Crippen LogP contribution >= 0.6 is 0 Å². The Kier molecular flexibility index (Phi) is 5.90. The molecule has 0 aliphatic carbocycles. The average Bonchev–Trinajstić information content (AvgIpc) is 3.41. The molecule has 1 N–H and O–H groups in total. The van der Waals surface area contributed by atoms with Gasteiger partial charge in [0.25, 0.3) is 0 Å². The van der Waals surface area contributed by atoms with E-state index in [1.807, 2.05) is 59.0 Å². The number of hydrogen-bond donors (Lipinski definition) is 1. The van der Waals surface area contributed by atoms with Crippen molar-refractivity contribution in [2.75, 3.05) is 13.7 Å². The molecule has 0 saturated heterocycles. The Hall–Kier alpha value is -3.78. The Morgan fingerprint density at radius 2 is 2.06 bits per heavy atom. The number of amides is 1. The summed E-state index contributed by atoms with van der Waals surface area (Å²) in [7, 11) is 1.67. The van der Waals surface area contributed by atoms with E-state index in [4.69, 9.17) is 9.84 Å². The van der Waals surface area contributed by atoms with E-state index in [1.54, 1.807) is 13.3 Å². The Morgan fingerprint density at radius 3 is 2.81 bits per heavy atom. The van der Waals surface area contributed by atoms with E-state index in [1.165, 1.54) is 6.08 Å². The van der Waals surface area contributed by atoms with Crippen molar-refractivity contribution in [3.63, 3.8) is 0 Å². The number of nitrogens with one attached hydrogen (secondary N) is 1. The van der Waals surface area contributed by atoms with E-state index in [9.17, 15) is 4.79 Å². The number of benzene rings is 1. The van der Waals surface area contributed by atoms with Crippen molar-refractivity contribution >= 4 is 16.9 Å². The number of methoxy groups -OCH3 is 1. The minimum absolute atomic E-state index is 0.254. The van der Waals surface area contributed by atoms with Crippen LogP contribution in [0.25, 0.3) is 27.8 Å². The standard InChI is InChI=1S/C23H24N6O2/c1-4-21(30)25-14-20-22-19(17-13-26-28(15-17)11-12-31-3)9-10-24-23(22)29(27-20)18-7-5-16(2)6-8-18/h4-10,13,15H,1,11-12,14H2,2-3H3,(H,25,30). The number of aromatic nitrogens is 5. The fraction of sp³-hybridized carbons (Fsp3) is 0.217. The molecule has 8 heteroatoms. The van der Waals surface area contributed by atoms with Gasteiger partial charge in [-0.05, 0) is 36.8 Å². The van der Waals surface area contributed by atoms with E-state index in [0.717, 1.165) is 33.5 Å². The van der Waals surface area contributed by atoms with E-state index in [-0.39, 0.29) is 12.5 Å². The number of nitrogens with zero attached hydrogens (tertiary/aromatic N) is 5. The lowest BCUT2D eigenvalue weighted by molar-refractivity contribution is -0.116. The first kappa shape index (κ1) is 20.5. The quantitative estimate of drug-likeness (QED) is 0.446. The summed E-state index contributed by atoms with van der Waals surface area (Å²) < 4.78 is 8.79. The molecule has 4 rings (SSSR count). The summed E-state index contributed by atoms with van der Waals surface area (Å²) >= 11 is 0. The molecule has 0 spiro atoms. The molecular formula is C23H24N6O2. The first-order chi connectivity index (χ1) is 15.1. The Labute approximate surface area is 180 Å². The van der Waals surface area contributed by atoms with Crippen LogP contribution in [0.2, 0.25) is 0 Å². The van der Waals surface area contributed by atoms with Gasteiger partial charge in [-0.1, -0.05) is 24.3 Å². The summed E-state index contributed by atoms with van der Waals surface area (Å²) in [6.07, 6.45) is 6.81. The molecule has 0 bridgehead atoms. The van der Waals surface area contributed by atoms with Gasteiger partial charge >= 0.3 is 0 Å². The second-order valence-corrected chi connectivity index (χ2v) is 7.16. The summed E-state index contributed by atoms with van der Waals surface area (Å²) in [6, 6.07) is 10.0. The largest absolute Gasteiger partial charge is 0.383 e. The van der Waals surface area contributed by atoms with E-state index < -0.39 is 0 Å². The molecular weight excluding hydrogens is 392 g/mol. The number of carbonyl (C=O) groups excluding carboxylic acids is 1. The molecule has 0 saturated carbocycles. The number of carbonyl (C=O) groups is 1. The zero-order chi connectivity index (χ0) is 21.8. The lowest BCUT2D eigenvalue weighted by atomic mass is 10.1. The predicted molar refractivity (Wildman–Crippen MR) is 119 cm³/mol. The summed E-state index contributed by atoms with van der Waals surface area (Å²) in [4.78, 5) is 16.4. The van der Waals surface area contributed by atoms with Gasteiger partial charge in [0.15, 0.2) is 5.65 Å². The zero-order valence-corrected chi connectivity index (χ0v) is 17.6. The average molecular weight is 416 g/mol. The molecule has 0 atom stereocenters. The van der Waals surface area contributed by atoms with Gasteiger partial charge in [-0.15, -0.1) is 0 Å². The first-order valence-electron chi connectivity index (χ1n) is 9.96. The molecule has 3 aromatic heterocycles. The van der Waals surface area contributed by atoms with Crippen LogP contribution in [0.1, 0.15) is 11.3 Å². The van der Waals surface area contributed by atoms with Gasteiger partial charge in [0.05, 0.1) is 42.7 Å². The van der Waals surface area contributed by atoms with Crippen LogP contribution in [-0.2, 0) is 22.6 Å². The van der Waals surface area contributed by atoms with E-state index >= 15 is 0 Å². The smallest absolute Gasteiger partial charge is 0.243 e. The Balaban J connectivity index is 1.84. The molecule has 0 aliphatic heterocycles. The van der Waals surface area contributed by atoms with Gasteiger partial charge in [-0.25, -0.2) is 9.67 Å². The zero-order valence-electron chi connectivity index (χ0n) is 17.6. The molecule has 8 nitrogen and oxygen atoms in total. The van der Waals surface area contributed by atoms with Crippen LogP contribution in [0.5, 0.6) is 0 Å². The summed E-state index contributed by atoms with van der Waals surface area (Å²) in [5.74, 6) is -0.254. The van der Waals surface area contributed by atoms with E-state index in [2.05, 4.69) is 22.0 Å². The van der Waals surface area contributed by atoms with Crippen molar-refractivity contribution in [2.45, 2.75) is 20.0 Å². The van der Waals surface area contributed by atoms with Gasteiger partial charge in [0, 0.05) is 25.1 Å². The maximum Gasteiger partial charge on any atom is 0.243 e. The lowest BCUT2D eigenvalue weighted by Gasteiger charge is -2.05. The molecule has 3 heterocycles. The SMILES string of the molecule is C=CC(=O)NCc1nn(-c2ccc(C)cc2)c2nccc(-c3cnn(CCOC)c3)c12. The van der Waals surface area contributed by atoms with Crippen molar-refractivity contribution in [3.8, 4) is 16.8 Å². The second-order valence-electron chi connectivity index (χ2n) is 7.16. The summed E-state index contributed by atoms with van der Waals surface area (Å²) in [5.41, 5.74) is 5.40. The fourth-order valence-corrected chi connectivity index (χ4v) is 3.40. The maximum absolute atomic E-state index is 11.8. The molecule has 0 fully saturated rings. The van der Waals surface area contributed by atoms with Crippen LogP contribution in [-0.4, -0.2) is 44.2 Å². The molecule has 1 aromatic carbocycles. The van der Waals surface area contributed by atoms with Crippen LogP contribution in [0.4, 0.5) is 0 Å². The summed E-state index contributed by atoms with van der Waals surface area (Å²) in [5, 5.41) is 12.9. The van der Waals surface area contributed by atoms with Gasteiger partial charge in [-0.3, -0.25) is 9.48 Å². The topological polar surface area (TPSA) is 86.9 Å². The number of hydrogen-bond acceptors (Lipinski definition) is 5. The third-order valence-corrected chi connectivity index (χ3v) is 5.00. The lowest BCUT2D eigenvalue weighted by Crippen LogP contribution is -2.20. The minimum atomic E-state index is -0.254. The third kappa shape index (κ3) is 4.24. The van der Waals surface area contributed by atoms with Crippen LogP contribution in [0, 0.1) is 6.92 Å². The van der Waals surface area contributed by atoms with Gasteiger partial charge in [-0.2, -0.15) is 10.2 Å². The first-order valence-corrected chi connectivity index (χ1v) is 9.96.